The van der Waals surface area contributed by atoms with E-state index in [-0.39, 0.29) is 5.70 Å². The van der Waals surface area contributed by atoms with Crippen LogP contribution in [-0.2, 0) is 19.1 Å². The number of rotatable bonds is 9. The van der Waals surface area contributed by atoms with Crippen LogP contribution in [0.1, 0.15) is 33.3 Å². The predicted octanol–water partition coefficient (Wildman–Crippen LogP) is 3.58. The number of amides is 2. The van der Waals surface area contributed by atoms with Gasteiger partial charge in [0.25, 0.3) is 5.91 Å². The van der Waals surface area contributed by atoms with Crippen molar-refractivity contribution in [2.75, 3.05) is 23.4 Å². The normalized spacial score (nSPS) is 11.1. The Balaban J connectivity index is 1.96. The molecule has 0 heterocycles. The summed E-state index contributed by atoms with van der Waals surface area (Å²) in [6.07, 6.45) is 1.49. The molecule has 0 spiro atoms. The third kappa shape index (κ3) is 7.62. The van der Waals surface area contributed by atoms with Gasteiger partial charge in [-0.25, -0.2) is 4.79 Å². The van der Waals surface area contributed by atoms with Crippen LogP contribution in [0.4, 0.5) is 11.4 Å². The van der Waals surface area contributed by atoms with Gasteiger partial charge in [-0.1, -0.05) is 30.3 Å². The molecule has 0 unspecified atom stereocenters. The zero-order chi connectivity index (χ0) is 22.8. The fraction of sp³-hybridized carbons (Fsp3) is 0.292. The first-order valence-corrected chi connectivity index (χ1v) is 10.2. The molecule has 0 radical (unpaired) electrons. The summed E-state index contributed by atoms with van der Waals surface area (Å²) < 4.78 is 5.08. The summed E-state index contributed by atoms with van der Waals surface area (Å²) in [5, 5.41) is 5.14. The van der Waals surface area contributed by atoms with Crippen LogP contribution in [0, 0.1) is 0 Å². The topological polar surface area (TPSA) is 87.7 Å². The van der Waals surface area contributed by atoms with E-state index in [0.29, 0.717) is 11.7 Å². The molecular weight excluding hydrogens is 394 g/mol. The first-order chi connectivity index (χ1) is 14.8. The predicted molar refractivity (Wildman–Crippen MR) is 122 cm³/mol. The molecule has 0 aliphatic rings. The number of carbonyl (C=O) groups is 3. The Hall–Kier alpha value is -3.61. The highest BCUT2D eigenvalue weighted by atomic mass is 16.5. The number of anilines is 2. The van der Waals surface area contributed by atoms with E-state index in [4.69, 9.17) is 4.74 Å². The molecule has 7 heteroatoms. The lowest BCUT2D eigenvalue weighted by Crippen LogP contribution is -2.30. The van der Waals surface area contributed by atoms with Crippen molar-refractivity contribution in [2.45, 2.75) is 33.7 Å². The van der Waals surface area contributed by atoms with Crippen molar-refractivity contribution >= 4 is 35.2 Å². The minimum atomic E-state index is -0.792. The van der Waals surface area contributed by atoms with Gasteiger partial charge in [-0.2, -0.15) is 0 Å². The molecule has 164 valence electrons. The van der Waals surface area contributed by atoms with Crippen LogP contribution in [0.5, 0.6) is 0 Å². The van der Waals surface area contributed by atoms with Gasteiger partial charge >= 0.3 is 5.97 Å². The molecule has 0 aliphatic heterocycles. The van der Waals surface area contributed by atoms with Crippen molar-refractivity contribution < 1.29 is 19.1 Å². The number of ether oxygens (including phenoxy) is 1. The Morgan fingerprint density at radius 1 is 1.03 bits per heavy atom. The van der Waals surface area contributed by atoms with Crippen molar-refractivity contribution in [3.05, 3.63) is 65.9 Å². The maximum atomic E-state index is 12.4. The van der Waals surface area contributed by atoms with Crippen LogP contribution in [0.3, 0.4) is 0 Å². The molecule has 0 bridgehead atoms. The lowest BCUT2D eigenvalue weighted by molar-refractivity contribution is -0.144. The first kappa shape index (κ1) is 23.7. The Morgan fingerprint density at radius 2 is 1.68 bits per heavy atom. The number of esters is 1. The van der Waals surface area contributed by atoms with Crippen LogP contribution >= 0.6 is 0 Å². The largest absolute Gasteiger partial charge is 0.451 e. The van der Waals surface area contributed by atoms with E-state index in [0.717, 1.165) is 17.8 Å². The number of benzene rings is 2. The van der Waals surface area contributed by atoms with Gasteiger partial charge in [0.2, 0.25) is 5.91 Å². The molecule has 0 aliphatic carbocycles. The van der Waals surface area contributed by atoms with Crippen LogP contribution in [0.2, 0.25) is 0 Å². The third-order valence-electron chi connectivity index (χ3n) is 4.42. The van der Waals surface area contributed by atoms with Crippen LogP contribution < -0.4 is 15.5 Å². The SMILES string of the molecule is CCN(c1ccc(NC(=O)COC(=O)/C(=C/c2ccccc2)NC(C)=O)cc1)C(C)C. The quantitative estimate of drug-likeness (QED) is 0.475. The molecule has 0 saturated carbocycles. The van der Waals surface area contributed by atoms with Crippen molar-refractivity contribution in [2.24, 2.45) is 0 Å². The van der Waals surface area contributed by atoms with Crippen molar-refractivity contribution in [1.29, 1.82) is 0 Å². The molecule has 0 aromatic heterocycles. The van der Waals surface area contributed by atoms with Crippen molar-refractivity contribution in [3.63, 3.8) is 0 Å². The standard InChI is InChI=1S/C24H29N3O4/c1-5-27(17(2)3)21-13-11-20(12-14-21)26-23(29)16-31-24(30)22(25-18(4)28)15-19-9-7-6-8-10-19/h6-15,17H,5,16H2,1-4H3,(H,25,28)(H,26,29)/b22-15-. The summed E-state index contributed by atoms with van der Waals surface area (Å²) in [4.78, 5) is 38.2. The lowest BCUT2D eigenvalue weighted by atomic mass is 10.2. The number of carbonyl (C=O) groups excluding carboxylic acids is 3. The van der Waals surface area contributed by atoms with Gasteiger partial charge in [0, 0.05) is 30.9 Å². The van der Waals surface area contributed by atoms with E-state index in [1.54, 1.807) is 24.3 Å². The average molecular weight is 424 g/mol. The maximum Gasteiger partial charge on any atom is 0.355 e. The molecule has 0 atom stereocenters. The van der Waals surface area contributed by atoms with E-state index in [9.17, 15) is 14.4 Å². The Kier molecular flexibility index (Phi) is 8.81. The molecule has 0 fully saturated rings. The van der Waals surface area contributed by atoms with Gasteiger partial charge in [0.05, 0.1) is 0 Å². The van der Waals surface area contributed by atoms with Crippen LogP contribution in [0.15, 0.2) is 60.3 Å². The number of nitrogens with one attached hydrogen (secondary N) is 2. The summed E-state index contributed by atoms with van der Waals surface area (Å²) >= 11 is 0. The fourth-order valence-electron chi connectivity index (χ4n) is 3.04. The molecule has 2 N–H and O–H groups in total. The molecule has 2 rings (SSSR count). The van der Waals surface area contributed by atoms with Crippen molar-refractivity contribution in [1.82, 2.24) is 5.32 Å². The monoisotopic (exact) mass is 423 g/mol. The minimum Gasteiger partial charge on any atom is -0.451 e. The van der Waals surface area contributed by atoms with Gasteiger partial charge < -0.3 is 20.3 Å². The van der Waals surface area contributed by atoms with Gasteiger partial charge in [-0.15, -0.1) is 0 Å². The third-order valence-corrected chi connectivity index (χ3v) is 4.42. The van der Waals surface area contributed by atoms with Gasteiger partial charge in [-0.05, 0) is 56.7 Å². The fourth-order valence-corrected chi connectivity index (χ4v) is 3.04. The molecule has 2 aromatic rings. The zero-order valence-electron chi connectivity index (χ0n) is 18.3. The van der Waals surface area contributed by atoms with E-state index in [2.05, 4.69) is 36.3 Å². The number of hydrogen-bond acceptors (Lipinski definition) is 5. The molecule has 2 aromatic carbocycles. The van der Waals surface area contributed by atoms with Gasteiger partial charge in [-0.3, -0.25) is 9.59 Å². The Labute approximate surface area is 183 Å². The zero-order valence-corrected chi connectivity index (χ0v) is 18.3. The molecule has 7 nitrogen and oxygen atoms in total. The van der Waals surface area contributed by atoms with Gasteiger partial charge in [0.1, 0.15) is 5.70 Å². The van der Waals surface area contributed by atoms with Crippen LogP contribution in [-0.4, -0.2) is 37.0 Å². The molecule has 31 heavy (non-hydrogen) atoms. The summed E-state index contributed by atoms with van der Waals surface area (Å²) in [5.41, 5.74) is 2.35. The van der Waals surface area contributed by atoms with Crippen molar-refractivity contribution in [3.8, 4) is 0 Å². The number of hydrogen-bond donors (Lipinski definition) is 2. The maximum absolute atomic E-state index is 12.4. The van der Waals surface area contributed by atoms with Crippen LogP contribution in [0.25, 0.3) is 6.08 Å². The molecule has 0 saturated heterocycles. The smallest absolute Gasteiger partial charge is 0.355 e. The second-order valence-corrected chi connectivity index (χ2v) is 7.20. The first-order valence-electron chi connectivity index (χ1n) is 10.2. The highest BCUT2D eigenvalue weighted by molar-refractivity contribution is 5.99. The van der Waals surface area contributed by atoms with E-state index < -0.39 is 24.4 Å². The second-order valence-electron chi connectivity index (χ2n) is 7.20. The second kappa shape index (κ2) is 11.5. The van der Waals surface area contributed by atoms with E-state index >= 15 is 0 Å². The van der Waals surface area contributed by atoms with E-state index in [1.807, 2.05) is 30.3 Å². The lowest BCUT2D eigenvalue weighted by Gasteiger charge is -2.27. The highest BCUT2D eigenvalue weighted by Crippen LogP contribution is 2.19. The average Bonchev–Trinajstić information content (AvgIpc) is 2.73. The summed E-state index contributed by atoms with van der Waals surface area (Å²) in [6.45, 7) is 8.03. The Morgan fingerprint density at radius 3 is 2.23 bits per heavy atom. The summed E-state index contributed by atoms with van der Waals surface area (Å²) in [6, 6.07) is 16.9. The Bertz CT molecular complexity index is 922. The summed E-state index contributed by atoms with van der Waals surface area (Å²) in [7, 11) is 0. The molecule has 2 amide bonds. The number of nitrogens with zero attached hydrogens (tertiary/aromatic N) is 1. The molecular formula is C24H29N3O4. The summed E-state index contributed by atoms with van der Waals surface area (Å²) in [5.74, 6) is -1.68. The highest BCUT2D eigenvalue weighted by Gasteiger charge is 2.15. The van der Waals surface area contributed by atoms with E-state index in [1.165, 1.54) is 13.0 Å². The minimum absolute atomic E-state index is 0.0378. The van der Waals surface area contributed by atoms with Gasteiger partial charge in [0.15, 0.2) is 6.61 Å².